The van der Waals surface area contributed by atoms with Gasteiger partial charge in [-0.25, -0.2) is 9.37 Å². The minimum atomic E-state index is -0.937. The molecule has 1 heterocycles. The lowest BCUT2D eigenvalue weighted by Crippen LogP contribution is -2.28. The van der Waals surface area contributed by atoms with E-state index in [-0.39, 0.29) is 30.5 Å². The van der Waals surface area contributed by atoms with Crippen LogP contribution in [-0.2, 0) is 6.42 Å². The molecule has 0 aliphatic rings. The molecule has 1 aromatic heterocycles. The van der Waals surface area contributed by atoms with Gasteiger partial charge in [0.15, 0.2) is 0 Å². The van der Waals surface area contributed by atoms with Crippen molar-refractivity contribution in [3.05, 3.63) is 82.2 Å². The zero-order valence-corrected chi connectivity index (χ0v) is 17.3. The summed E-state index contributed by atoms with van der Waals surface area (Å²) in [6.45, 7) is 5.63. The number of ether oxygens (including phenoxy) is 2. The predicted octanol–water partition coefficient (Wildman–Crippen LogP) is 3.45. The third-order valence-corrected chi connectivity index (χ3v) is 4.37. The van der Waals surface area contributed by atoms with Crippen molar-refractivity contribution < 1.29 is 19.0 Å². The van der Waals surface area contributed by atoms with E-state index in [1.165, 1.54) is 22.9 Å². The summed E-state index contributed by atoms with van der Waals surface area (Å²) >= 11 is 0. The lowest BCUT2D eigenvalue weighted by Gasteiger charge is -2.19. The van der Waals surface area contributed by atoms with Crippen LogP contribution >= 0.6 is 0 Å². The lowest BCUT2D eigenvalue weighted by molar-refractivity contribution is 0.0282. The van der Waals surface area contributed by atoms with Crippen molar-refractivity contribution in [1.82, 2.24) is 9.55 Å². The number of aromatic nitrogens is 2. The van der Waals surface area contributed by atoms with E-state index in [1.807, 2.05) is 13.0 Å². The molecule has 0 unspecified atom stereocenters. The first-order chi connectivity index (χ1) is 14.2. The molecule has 6 nitrogen and oxygen atoms in total. The fourth-order valence-corrected chi connectivity index (χ4v) is 2.81. The maximum atomic E-state index is 13.0. The van der Waals surface area contributed by atoms with Gasteiger partial charge in [-0.05, 0) is 62.2 Å². The molecule has 7 heteroatoms. The Morgan fingerprint density at radius 1 is 1.13 bits per heavy atom. The van der Waals surface area contributed by atoms with Crippen molar-refractivity contribution >= 4 is 0 Å². The first-order valence-electron chi connectivity index (χ1n) is 9.64. The summed E-state index contributed by atoms with van der Waals surface area (Å²) in [7, 11) is 0. The topological polar surface area (TPSA) is 73.6 Å². The first kappa shape index (κ1) is 21.5. The van der Waals surface area contributed by atoms with Crippen molar-refractivity contribution in [1.29, 1.82) is 0 Å². The Kier molecular flexibility index (Phi) is 6.52. The molecule has 0 atom stereocenters. The maximum absolute atomic E-state index is 13.0. The molecule has 30 heavy (non-hydrogen) atoms. The van der Waals surface area contributed by atoms with Crippen molar-refractivity contribution in [3.8, 4) is 17.3 Å². The standard InChI is InChI=1S/C23H25FN2O4/c1-16-14-19(8-9-20(16)30-15-23(2,3)28)26-12-11-25-21(22(26)27)29-13-10-17-4-6-18(24)7-5-17/h4-9,11-12,14,28H,10,13,15H2,1-3H3. The summed E-state index contributed by atoms with van der Waals surface area (Å²) in [4.78, 5) is 16.8. The minimum absolute atomic E-state index is 0.000351. The SMILES string of the molecule is Cc1cc(-n2ccnc(OCCc3ccc(F)cc3)c2=O)ccc1OCC(C)(C)O. The highest BCUT2D eigenvalue weighted by atomic mass is 19.1. The smallest absolute Gasteiger partial charge is 0.317 e. The summed E-state index contributed by atoms with van der Waals surface area (Å²) in [6.07, 6.45) is 3.60. The Hall–Kier alpha value is -3.19. The normalized spacial score (nSPS) is 11.4. The van der Waals surface area contributed by atoms with E-state index in [0.29, 0.717) is 17.9 Å². The van der Waals surface area contributed by atoms with Gasteiger partial charge in [0.1, 0.15) is 18.2 Å². The lowest BCUT2D eigenvalue weighted by atomic mass is 10.1. The van der Waals surface area contributed by atoms with E-state index in [4.69, 9.17) is 9.47 Å². The number of rotatable bonds is 8. The molecule has 0 spiro atoms. The Morgan fingerprint density at radius 2 is 1.87 bits per heavy atom. The molecule has 2 aromatic carbocycles. The van der Waals surface area contributed by atoms with E-state index < -0.39 is 5.60 Å². The minimum Gasteiger partial charge on any atom is -0.490 e. The monoisotopic (exact) mass is 412 g/mol. The largest absolute Gasteiger partial charge is 0.490 e. The van der Waals surface area contributed by atoms with Crippen molar-refractivity contribution in [3.63, 3.8) is 0 Å². The molecule has 158 valence electrons. The highest BCUT2D eigenvalue weighted by Crippen LogP contribution is 2.22. The van der Waals surface area contributed by atoms with Crippen LogP contribution in [0, 0.1) is 12.7 Å². The second kappa shape index (κ2) is 9.09. The molecular weight excluding hydrogens is 387 g/mol. The molecule has 0 saturated carbocycles. The van der Waals surface area contributed by atoms with Gasteiger partial charge in [0.2, 0.25) is 0 Å². The van der Waals surface area contributed by atoms with Crippen LogP contribution in [0.25, 0.3) is 5.69 Å². The van der Waals surface area contributed by atoms with Crippen LogP contribution in [0.3, 0.4) is 0 Å². The van der Waals surface area contributed by atoms with Gasteiger partial charge in [-0.15, -0.1) is 0 Å². The third-order valence-electron chi connectivity index (χ3n) is 4.37. The van der Waals surface area contributed by atoms with Gasteiger partial charge in [0.25, 0.3) is 5.88 Å². The second-order valence-corrected chi connectivity index (χ2v) is 7.68. The zero-order valence-electron chi connectivity index (χ0n) is 17.3. The van der Waals surface area contributed by atoms with E-state index in [9.17, 15) is 14.3 Å². The molecule has 3 rings (SSSR count). The molecule has 0 bridgehead atoms. The molecule has 0 aliphatic carbocycles. The van der Waals surface area contributed by atoms with E-state index in [1.54, 1.807) is 44.3 Å². The van der Waals surface area contributed by atoms with Crippen molar-refractivity contribution in [2.45, 2.75) is 32.8 Å². The Morgan fingerprint density at radius 3 is 2.53 bits per heavy atom. The zero-order chi connectivity index (χ0) is 21.7. The number of hydrogen-bond acceptors (Lipinski definition) is 5. The highest BCUT2D eigenvalue weighted by molar-refractivity contribution is 5.44. The van der Waals surface area contributed by atoms with Gasteiger partial charge in [0, 0.05) is 24.5 Å². The van der Waals surface area contributed by atoms with Crippen molar-refractivity contribution in [2.75, 3.05) is 13.2 Å². The van der Waals surface area contributed by atoms with Gasteiger partial charge in [-0.1, -0.05) is 12.1 Å². The average Bonchev–Trinajstić information content (AvgIpc) is 2.69. The predicted molar refractivity (Wildman–Crippen MR) is 112 cm³/mol. The van der Waals surface area contributed by atoms with Gasteiger partial charge < -0.3 is 14.6 Å². The van der Waals surface area contributed by atoms with Gasteiger partial charge in [-0.2, -0.15) is 0 Å². The van der Waals surface area contributed by atoms with Crippen molar-refractivity contribution in [2.24, 2.45) is 0 Å². The summed E-state index contributed by atoms with van der Waals surface area (Å²) in [6, 6.07) is 11.5. The van der Waals surface area contributed by atoms with Crippen LogP contribution in [0.2, 0.25) is 0 Å². The summed E-state index contributed by atoms with van der Waals surface area (Å²) < 4.78 is 25.7. The first-order valence-corrected chi connectivity index (χ1v) is 9.64. The van der Waals surface area contributed by atoms with Gasteiger partial charge in [-0.3, -0.25) is 9.36 Å². The van der Waals surface area contributed by atoms with Crippen LogP contribution in [0.15, 0.2) is 59.7 Å². The molecule has 1 N–H and O–H groups in total. The van der Waals surface area contributed by atoms with Crippen LogP contribution in [0.4, 0.5) is 4.39 Å². The van der Waals surface area contributed by atoms with Crippen LogP contribution < -0.4 is 15.0 Å². The molecule has 0 amide bonds. The van der Waals surface area contributed by atoms with Gasteiger partial charge >= 0.3 is 5.56 Å². The van der Waals surface area contributed by atoms with Crippen LogP contribution in [0.5, 0.6) is 11.6 Å². The van der Waals surface area contributed by atoms with E-state index >= 15 is 0 Å². The molecule has 0 radical (unpaired) electrons. The number of benzene rings is 2. The Balaban J connectivity index is 1.71. The van der Waals surface area contributed by atoms with Crippen LogP contribution in [-0.4, -0.2) is 33.5 Å². The summed E-state index contributed by atoms with van der Waals surface area (Å²) in [5.74, 6) is 0.345. The summed E-state index contributed by atoms with van der Waals surface area (Å²) in [5, 5.41) is 9.82. The molecular formula is C23H25FN2O4. The van der Waals surface area contributed by atoms with Gasteiger partial charge in [0.05, 0.1) is 12.2 Å². The van der Waals surface area contributed by atoms with E-state index in [0.717, 1.165) is 11.1 Å². The second-order valence-electron chi connectivity index (χ2n) is 7.68. The number of aliphatic hydroxyl groups is 1. The quantitative estimate of drug-likeness (QED) is 0.614. The Bertz CT molecular complexity index is 1060. The number of hydrogen-bond donors (Lipinski definition) is 1. The number of nitrogens with zero attached hydrogens (tertiary/aromatic N) is 2. The summed E-state index contributed by atoms with van der Waals surface area (Å²) in [5.41, 5.74) is 1.08. The van der Waals surface area contributed by atoms with Crippen LogP contribution in [0.1, 0.15) is 25.0 Å². The average molecular weight is 412 g/mol. The maximum Gasteiger partial charge on any atom is 0.317 e. The molecule has 0 saturated heterocycles. The Labute approximate surface area is 174 Å². The van der Waals surface area contributed by atoms with E-state index in [2.05, 4.69) is 4.98 Å². The molecule has 3 aromatic rings. The number of halogens is 1. The fraction of sp³-hybridized carbons (Fsp3) is 0.304. The molecule has 0 fully saturated rings. The number of aryl methyl sites for hydroxylation is 1. The highest BCUT2D eigenvalue weighted by Gasteiger charge is 2.15. The molecule has 0 aliphatic heterocycles. The fourth-order valence-electron chi connectivity index (χ4n) is 2.81. The third kappa shape index (κ3) is 5.67.